The van der Waals surface area contributed by atoms with Crippen LogP contribution in [-0.2, 0) is 4.79 Å². The number of Topliss-reactive ketones (excluding diaryl/α,β-unsaturated/α-hetero) is 1. The SMILES string of the molecule is CC(=O)Oc1ccc2c(c1)OC(c1ccccc1)CC2=O. The van der Waals surface area contributed by atoms with Gasteiger partial charge < -0.3 is 9.47 Å². The van der Waals surface area contributed by atoms with Gasteiger partial charge in [0, 0.05) is 13.0 Å². The zero-order chi connectivity index (χ0) is 14.8. The topological polar surface area (TPSA) is 52.6 Å². The van der Waals surface area contributed by atoms with Gasteiger partial charge in [-0.3, -0.25) is 9.59 Å². The number of ketones is 1. The number of hydrogen-bond donors (Lipinski definition) is 0. The summed E-state index contributed by atoms with van der Waals surface area (Å²) in [5, 5.41) is 0. The summed E-state index contributed by atoms with van der Waals surface area (Å²) in [6, 6.07) is 14.4. The second-order valence-corrected chi connectivity index (χ2v) is 4.90. The monoisotopic (exact) mass is 282 g/mol. The van der Waals surface area contributed by atoms with E-state index in [-0.39, 0.29) is 11.9 Å². The summed E-state index contributed by atoms with van der Waals surface area (Å²) < 4.78 is 10.9. The number of carbonyl (C=O) groups excluding carboxylic acids is 2. The van der Waals surface area contributed by atoms with Crippen LogP contribution in [0.4, 0.5) is 0 Å². The van der Waals surface area contributed by atoms with Crippen molar-refractivity contribution in [2.24, 2.45) is 0 Å². The Morgan fingerprint density at radius 1 is 1.19 bits per heavy atom. The second-order valence-electron chi connectivity index (χ2n) is 4.90. The van der Waals surface area contributed by atoms with Gasteiger partial charge in [0.2, 0.25) is 0 Å². The molecule has 1 atom stereocenters. The van der Waals surface area contributed by atoms with Crippen LogP contribution < -0.4 is 9.47 Å². The maximum Gasteiger partial charge on any atom is 0.308 e. The number of rotatable bonds is 2. The Kier molecular flexibility index (Phi) is 3.44. The molecule has 0 N–H and O–H groups in total. The molecule has 1 aliphatic heterocycles. The van der Waals surface area contributed by atoms with Crippen LogP contribution >= 0.6 is 0 Å². The van der Waals surface area contributed by atoms with E-state index >= 15 is 0 Å². The lowest BCUT2D eigenvalue weighted by molar-refractivity contribution is -0.131. The molecule has 0 saturated carbocycles. The minimum Gasteiger partial charge on any atom is -0.484 e. The average molecular weight is 282 g/mol. The van der Waals surface area contributed by atoms with Gasteiger partial charge in [0.05, 0.1) is 12.0 Å². The number of fused-ring (bicyclic) bond motifs is 1. The Balaban J connectivity index is 1.92. The van der Waals surface area contributed by atoms with Crippen LogP contribution in [0.3, 0.4) is 0 Å². The summed E-state index contributed by atoms with van der Waals surface area (Å²) in [5.74, 6) is 0.456. The van der Waals surface area contributed by atoms with Gasteiger partial charge in [0.25, 0.3) is 0 Å². The quantitative estimate of drug-likeness (QED) is 0.626. The largest absolute Gasteiger partial charge is 0.484 e. The van der Waals surface area contributed by atoms with Crippen molar-refractivity contribution in [3.8, 4) is 11.5 Å². The molecule has 1 aliphatic rings. The van der Waals surface area contributed by atoms with E-state index in [9.17, 15) is 9.59 Å². The molecular weight excluding hydrogens is 268 g/mol. The third kappa shape index (κ3) is 2.79. The summed E-state index contributed by atoms with van der Waals surface area (Å²) in [5.41, 5.74) is 1.48. The smallest absolute Gasteiger partial charge is 0.308 e. The fourth-order valence-corrected chi connectivity index (χ4v) is 2.39. The van der Waals surface area contributed by atoms with Crippen LogP contribution in [0.2, 0.25) is 0 Å². The van der Waals surface area contributed by atoms with Crippen LogP contribution in [0.5, 0.6) is 11.5 Å². The van der Waals surface area contributed by atoms with Gasteiger partial charge >= 0.3 is 5.97 Å². The molecule has 0 saturated heterocycles. The highest BCUT2D eigenvalue weighted by molar-refractivity contribution is 6.00. The minimum absolute atomic E-state index is 0.0273. The average Bonchev–Trinajstić information content (AvgIpc) is 2.47. The Bertz CT molecular complexity index is 691. The third-order valence-corrected chi connectivity index (χ3v) is 3.33. The molecule has 0 amide bonds. The first-order valence-corrected chi connectivity index (χ1v) is 6.71. The highest BCUT2D eigenvalue weighted by Gasteiger charge is 2.27. The first kappa shape index (κ1) is 13.4. The van der Waals surface area contributed by atoms with Crippen LogP contribution in [0, 0.1) is 0 Å². The van der Waals surface area contributed by atoms with Crippen LogP contribution in [0.1, 0.15) is 35.4 Å². The van der Waals surface area contributed by atoms with Crippen molar-refractivity contribution in [2.75, 3.05) is 0 Å². The molecule has 2 aromatic carbocycles. The maximum absolute atomic E-state index is 12.2. The Hall–Kier alpha value is -2.62. The van der Waals surface area contributed by atoms with E-state index in [1.54, 1.807) is 18.2 Å². The molecule has 0 aromatic heterocycles. The van der Waals surface area contributed by atoms with Gasteiger partial charge in [-0.25, -0.2) is 0 Å². The molecule has 0 bridgehead atoms. The lowest BCUT2D eigenvalue weighted by Crippen LogP contribution is -2.20. The number of carbonyl (C=O) groups is 2. The van der Waals surface area contributed by atoms with Gasteiger partial charge in [-0.2, -0.15) is 0 Å². The molecule has 0 aliphatic carbocycles. The first-order valence-electron chi connectivity index (χ1n) is 6.71. The van der Waals surface area contributed by atoms with Crippen molar-refractivity contribution >= 4 is 11.8 Å². The van der Waals surface area contributed by atoms with Crippen LogP contribution in [0.25, 0.3) is 0 Å². The molecule has 4 nitrogen and oxygen atoms in total. The van der Waals surface area contributed by atoms with Crippen LogP contribution in [0.15, 0.2) is 48.5 Å². The van der Waals surface area contributed by atoms with E-state index in [0.29, 0.717) is 23.5 Å². The maximum atomic E-state index is 12.2. The number of esters is 1. The van der Waals surface area contributed by atoms with Crippen molar-refractivity contribution in [1.82, 2.24) is 0 Å². The van der Waals surface area contributed by atoms with Gasteiger partial charge in [0.15, 0.2) is 5.78 Å². The molecule has 3 rings (SSSR count). The fourth-order valence-electron chi connectivity index (χ4n) is 2.39. The lowest BCUT2D eigenvalue weighted by atomic mass is 9.96. The Morgan fingerprint density at radius 2 is 1.95 bits per heavy atom. The summed E-state index contributed by atoms with van der Waals surface area (Å²) >= 11 is 0. The highest BCUT2D eigenvalue weighted by atomic mass is 16.5. The van der Waals surface area contributed by atoms with Crippen LogP contribution in [-0.4, -0.2) is 11.8 Å². The van der Waals surface area contributed by atoms with E-state index in [1.807, 2.05) is 30.3 Å². The van der Waals surface area contributed by atoms with E-state index in [0.717, 1.165) is 5.56 Å². The number of benzene rings is 2. The predicted molar refractivity (Wildman–Crippen MR) is 76.5 cm³/mol. The normalized spacial score (nSPS) is 16.8. The van der Waals surface area contributed by atoms with Crippen molar-refractivity contribution in [3.63, 3.8) is 0 Å². The zero-order valence-electron chi connectivity index (χ0n) is 11.5. The van der Waals surface area contributed by atoms with Gasteiger partial charge in [0.1, 0.15) is 17.6 Å². The highest BCUT2D eigenvalue weighted by Crippen LogP contribution is 2.36. The lowest BCUT2D eigenvalue weighted by Gasteiger charge is -2.25. The summed E-state index contributed by atoms with van der Waals surface area (Å²) in [7, 11) is 0. The molecule has 21 heavy (non-hydrogen) atoms. The third-order valence-electron chi connectivity index (χ3n) is 3.33. The van der Waals surface area contributed by atoms with Gasteiger partial charge in [-0.15, -0.1) is 0 Å². The van der Waals surface area contributed by atoms with E-state index in [2.05, 4.69) is 0 Å². The molecule has 2 aromatic rings. The first-order chi connectivity index (χ1) is 10.1. The number of ether oxygens (including phenoxy) is 2. The molecule has 0 radical (unpaired) electrons. The van der Waals surface area contributed by atoms with Crippen molar-refractivity contribution in [2.45, 2.75) is 19.4 Å². The second kappa shape index (κ2) is 5.40. The van der Waals surface area contributed by atoms with E-state index in [1.165, 1.54) is 6.92 Å². The number of hydrogen-bond acceptors (Lipinski definition) is 4. The van der Waals surface area contributed by atoms with E-state index < -0.39 is 5.97 Å². The Labute approximate surface area is 122 Å². The minimum atomic E-state index is -0.406. The van der Waals surface area contributed by atoms with Crippen molar-refractivity contribution in [3.05, 3.63) is 59.7 Å². The Morgan fingerprint density at radius 3 is 2.67 bits per heavy atom. The molecule has 0 fully saturated rings. The summed E-state index contributed by atoms with van der Waals surface area (Å²) in [4.78, 5) is 23.2. The molecule has 1 heterocycles. The molecule has 1 unspecified atom stereocenters. The predicted octanol–water partition coefficient (Wildman–Crippen LogP) is 3.32. The summed E-state index contributed by atoms with van der Waals surface area (Å²) in [6.45, 7) is 1.33. The summed E-state index contributed by atoms with van der Waals surface area (Å²) in [6.07, 6.45) is 0.00276. The molecule has 4 heteroatoms. The molecule has 106 valence electrons. The molecule has 0 spiro atoms. The molecular formula is C17H14O4. The standard InChI is InChI=1S/C17H14O4/c1-11(18)20-13-7-8-14-15(19)10-16(21-17(14)9-13)12-5-3-2-4-6-12/h2-9,16H,10H2,1H3. The van der Waals surface area contributed by atoms with Gasteiger partial charge in [-0.1, -0.05) is 30.3 Å². The zero-order valence-corrected chi connectivity index (χ0v) is 11.5. The van der Waals surface area contributed by atoms with Crippen molar-refractivity contribution < 1.29 is 19.1 Å². The van der Waals surface area contributed by atoms with Gasteiger partial charge in [-0.05, 0) is 17.7 Å². The van der Waals surface area contributed by atoms with E-state index in [4.69, 9.17) is 9.47 Å². The van der Waals surface area contributed by atoms with Crippen molar-refractivity contribution in [1.29, 1.82) is 0 Å². The fraction of sp³-hybridized carbons (Fsp3) is 0.176.